The highest BCUT2D eigenvalue weighted by molar-refractivity contribution is 7.16. The summed E-state index contributed by atoms with van der Waals surface area (Å²) in [6.07, 6.45) is 4.66. The van der Waals surface area contributed by atoms with Crippen LogP contribution in [0.4, 0.5) is 5.00 Å². The fraction of sp³-hybridized carbons (Fsp3) is 0.647. The summed E-state index contributed by atoms with van der Waals surface area (Å²) in [5.74, 6) is 1.14. The predicted molar refractivity (Wildman–Crippen MR) is 87.3 cm³/mol. The molecule has 5 heteroatoms. The zero-order valence-electron chi connectivity index (χ0n) is 13.4. The number of amides is 1. The molecule has 4 nitrogen and oxygen atoms in total. The highest BCUT2D eigenvalue weighted by Gasteiger charge is 2.43. The lowest BCUT2D eigenvalue weighted by Gasteiger charge is -2.20. The maximum Gasteiger partial charge on any atom is 0.341 e. The number of carbonyl (C=O) groups is 2. The molecule has 1 aromatic rings. The first kappa shape index (κ1) is 15.5. The molecule has 22 heavy (non-hydrogen) atoms. The molecule has 3 atom stereocenters. The molecule has 2 saturated carbocycles. The van der Waals surface area contributed by atoms with Crippen LogP contribution in [0.5, 0.6) is 0 Å². The Bertz CT molecular complexity index is 607. The van der Waals surface area contributed by atoms with E-state index in [1.54, 1.807) is 6.92 Å². The van der Waals surface area contributed by atoms with Crippen molar-refractivity contribution in [2.24, 2.45) is 17.8 Å². The van der Waals surface area contributed by atoms with E-state index < -0.39 is 0 Å². The molecule has 1 N–H and O–H groups in total. The van der Waals surface area contributed by atoms with E-state index in [0.29, 0.717) is 23.1 Å². The Labute approximate surface area is 135 Å². The van der Waals surface area contributed by atoms with Crippen molar-refractivity contribution in [2.75, 3.05) is 11.9 Å². The van der Waals surface area contributed by atoms with Gasteiger partial charge in [-0.3, -0.25) is 4.79 Å². The molecule has 0 saturated heterocycles. The molecule has 2 aliphatic carbocycles. The Hall–Kier alpha value is -1.36. The Balaban J connectivity index is 1.78. The van der Waals surface area contributed by atoms with Gasteiger partial charge in [0, 0.05) is 10.8 Å². The number of rotatable bonds is 4. The Morgan fingerprint density at radius 2 is 2.05 bits per heavy atom. The van der Waals surface area contributed by atoms with Crippen molar-refractivity contribution in [3.05, 3.63) is 16.0 Å². The van der Waals surface area contributed by atoms with Gasteiger partial charge in [-0.1, -0.05) is 6.42 Å². The lowest BCUT2D eigenvalue weighted by molar-refractivity contribution is -0.121. The van der Waals surface area contributed by atoms with Gasteiger partial charge in [0.15, 0.2) is 0 Å². The van der Waals surface area contributed by atoms with Gasteiger partial charge in [0.1, 0.15) is 5.00 Å². The van der Waals surface area contributed by atoms with Crippen molar-refractivity contribution in [3.8, 4) is 0 Å². The third kappa shape index (κ3) is 2.67. The molecule has 1 amide bonds. The smallest absolute Gasteiger partial charge is 0.341 e. The van der Waals surface area contributed by atoms with Crippen LogP contribution >= 0.6 is 11.3 Å². The summed E-state index contributed by atoms with van der Waals surface area (Å²) >= 11 is 1.47. The molecule has 0 spiro atoms. The number of anilines is 1. The van der Waals surface area contributed by atoms with Crippen LogP contribution in [0.2, 0.25) is 0 Å². The molecule has 2 fully saturated rings. The second-order valence-corrected chi connectivity index (χ2v) is 7.70. The normalized spacial score (nSPS) is 26.2. The quantitative estimate of drug-likeness (QED) is 0.855. The van der Waals surface area contributed by atoms with Gasteiger partial charge in [0.05, 0.1) is 12.2 Å². The van der Waals surface area contributed by atoms with E-state index in [4.69, 9.17) is 4.74 Å². The minimum atomic E-state index is -0.340. The Morgan fingerprint density at radius 1 is 1.27 bits per heavy atom. The van der Waals surface area contributed by atoms with Gasteiger partial charge in [0.25, 0.3) is 0 Å². The van der Waals surface area contributed by atoms with Crippen LogP contribution in [0, 0.1) is 31.6 Å². The fourth-order valence-electron chi connectivity index (χ4n) is 3.93. The van der Waals surface area contributed by atoms with Crippen LogP contribution in [0.25, 0.3) is 0 Å². The number of nitrogens with one attached hydrogen (secondary N) is 1. The number of carbonyl (C=O) groups excluding carboxylic acids is 2. The second-order valence-electron chi connectivity index (χ2n) is 6.48. The average Bonchev–Trinajstić information content (AvgIpc) is 3.15. The van der Waals surface area contributed by atoms with Crippen LogP contribution in [0.3, 0.4) is 0 Å². The number of thiophene rings is 1. The number of esters is 1. The molecule has 0 aromatic carbocycles. The zero-order chi connectivity index (χ0) is 15.9. The maximum atomic E-state index is 12.6. The Morgan fingerprint density at radius 3 is 2.64 bits per heavy atom. The first-order valence-electron chi connectivity index (χ1n) is 8.09. The van der Waals surface area contributed by atoms with Crippen LogP contribution in [0.1, 0.15) is 53.4 Å². The maximum absolute atomic E-state index is 12.6. The lowest BCUT2D eigenvalue weighted by Crippen LogP contribution is -2.27. The standard InChI is InChI=1S/C17H23NO3S/c1-4-21-17(20)14-9(2)10(3)22-16(14)18-15(19)13-8-11-5-6-12(13)7-11/h11-13H,4-8H2,1-3H3,(H,18,19)/t11-,12-,13-/m0/s1. The largest absolute Gasteiger partial charge is 0.462 e. The van der Waals surface area contributed by atoms with Crippen molar-refractivity contribution in [3.63, 3.8) is 0 Å². The van der Waals surface area contributed by atoms with E-state index >= 15 is 0 Å². The van der Waals surface area contributed by atoms with Gasteiger partial charge >= 0.3 is 5.97 Å². The van der Waals surface area contributed by atoms with E-state index in [-0.39, 0.29) is 17.8 Å². The average molecular weight is 321 g/mol. The first-order chi connectivity index (χ1) is 10.5. The predicted octanol–water partition coefficient (Wildman–Crippen LogP) is 3.92. The van der Waals surface area contributed by atoms with E-state index in [1.165, 1.54) is 30.6 Å². The van der Waals surface area contributed by atoms with Crippen LogP contribution in [-0.2, 0) is 9.53 Å². The van der Waals surface area contributed by atoms with Gasteiger partial charge in [-0.25, -0.2) is 4.79 Å². The number of hydrogen-bond acceptors (Lipinski definition) is 4. The molecule has 2 bridgehead atoms. The number of ether oxygens (including phenoxy) is 1. The van der Waals surface area contributed by atoms with Crippen molar-refractivity contribution in [1.29, 1.82) is 0 Å². The minimum absolute atomic E-state index is 0.0824. The van der Waals surface area contributed by atoms with Crippen LogP contribution < -0.4 is 5.32 Å². The highest BCUT2D eigenvalue weighted by atomic mass is 32.1. The zero-order valence-corrected chi connectivity index (χ0v) is 14.2. The first-order valence-corrected chi connectivity index (χ1v) is 8.90. The summed E-state index contributed by atoms with van der Waals surface area (Å²) in [5, 5.41) is 3.67. The molecule has 0 unspecified atom stereocenters. The van der Waals surface area contributed by atoms with Gasteiger partial charge < -0.3 is 10.1 Å². The number of fused-ring (bicyclic) bond motifs is 2. The van der Waals surface area contributed by atoms with Gasteiger partial charge in [-0.2, -0.15) is 0 Å². The second kappa shape index (κ2) is 6.03. The highest BCUT2D eigenvalue weighted by Crippen LogP contribution is 2.48. The molecular formula is C17H23NO3S. The van der Waals surface area contributed by atoms with Crippen molar-refractivity contribution in [2.45, 2.75) is 46.5 Å². The molecule has 120 valence electrons. The molecule has 1 aromatic heterocycles. The fourth-order valence-corrected chi connectivity index (χ4v) is 4.99. The van der Waals surface area contributed by atoms with Gasteiger partial charge in [-0.05, 0) is 57.4 Å². The topological polar surface area (TPSA) is 55.4 Å². The third-order valence-electron chi connectivity index (χ3n) is 5.18. The summed E-state index contributed by atoms with van der Waals surface area (Å²) < 4.78 is 5.14. The van der Waals surface area contributed by atoms with E-state index in [0.717, 1.165) is 22.8 Å². The van der Waals surface area contributed by atoms with Crippen molar-refractivity contribution < 1.29 is 14.3 Å². The van der Waals surface area contributed by atoms with Crippen molar-refractivity contribution >= 4 is 28.2 Å². The SMILES string of the molecule is CCOC(=O)c1c(NC(=O)[C@H]2C[C@H]3CC[C@H]2C3)sc(C)c1C. The molecule has 0 aliphatic heterocycles. The number of aryl methyl sites for hydroxylation is 1. The summed E-state index contributed by atoms with van der Waals surface area (Å²) in [5.41, 5.74) is 1.44. The van der Waals surface area contributed by atoms with E-state index in [2.05, 4.69) is 5.32 Å². The van der Waals surface area contributed by atoms with E-state index in [9.17, 15) is 9.59 Å². The number of hydrogen-bond donors (Lipinski definition) is 1. The molecule has 1 heterocycles. The summed E-state index contributed by atoms with van der Waals surface area (Å²) in [6.45, 7) is 6.01. The summed E-state index contributed by atoms with van der Waals surface area (Å²) in [4.78, 5) is 25.8. The van der Waals surface area contributed by atoms with Crippen molar-refractivity contribution in [1.82, 2.24) is 0 Å². The monoisotopic (exact) mass is 321 g/mol. The van der Waals surface area contributed by atoms with E-state index in [1.807, 2.05) is 13.8 Å². The Kier molecular flexibility index (Phi) is 4.26. The molecule has 3 rings (SSSR count). The van der Waals surface area contributed by atoms with Crippen LogP contribution in [0.15, 0.2) is 0 Å². The minimum Gasteiger partial charge on any atom is -0.462 e. The molecular weight excluding hydrogens is 298 g/mol. The van der Waals surface area contributed by atoms with Crippen LogP contribution in [-0.4, -0.2) is 18.5 Å². The lowest BCUT2D eigenvalue weighted by atomic mass is 9.88. The van der Waals surface area contributed by atoms with Gasteiger partial charge in [0.2, 0.25) is 5.91 Å². The molecule has 0 radical (unpaired) electrons. The van der Waals surface area contributed by atoms with Gasteiger partial charge in [-0.15, -0.1) is 11.3 Å². The summed E-state index contributed by atoms with van der Waals surface area (Å²) in [6, 6.07) is 0. The molecule has 2 aliphatic rings. The summed E-state index contributed by atoms with van der Waals surface area (Å²) in [7, 11) is 0. The third-order valence-corrected chi connectivity index (χ3v) is 6.30.